The van der Waals surface area contributed by atoms with E-state index in [1.54, 1.807) is 6.07 Å². The van der Waals surface area contributed by atoms with E-state index in [1.165, 1.54) is 0 Å². The van der Waals surface area contributed by atoms with Crippen LogP contribution < -0.4 is 5.32 Å². The summed E-state index contributed by atoms with van der Waals surface area (Å²) in [7, 11) is 0. The number of carbonyl (C=O) groups excluding carboxylic acids is 1. The van der Waals surface area contributed by atoms with Crippen LogP contribution in [0.15, 0.2) is 22.7 Å². The molecule has 0 aliphatic heterocycles. The summed E-state index contributed by atoms with van der Waals surface area (Å²) in [6.07, 6.45) is 0.348. The van der Waals surface area contributed by atoms with Crippen molar-refractivity contribution >= 4 is 33.6 Å². The molecule has 1 rings (SSSR count). The molecule has 0 aliphatic carbocycles. The molecule has 0 bridgehead atoms. The maximum atomic E-state index is 11.8. The van der Waals surface area contributed by atoms with E-state index in [0.29, 0.717) is 5.02 Å². The summed E-state index contributed by atoms with van der Waals surface area (Å²) in [5, 5.41) is 3.52. The van der Waals surface area contributed by atoms with Crippen molar-refractivity contribution < 1.29 is 9.53 Å². The second-order valence-electron chi connectivity index (χ2n) is 5.27. The van der Waals surface area contributed by atoms with Crippen molar-refractivity contribution in [2.45, 2.75) is 45.8 Å². The van der Waals surface area contributed by atoms with Gasteiger partial charge in [0, 0.05) is 9.50 Å². The molecule has 3 nitrogen and oxygen atoms in total. The van der Waals surface area contributed by atoms with E-state index < -0.39 is 11.7 Å². The summed E-state index contributed by atoms with van der Waals surface area (Å²) >= 11 is 9.38. The normalized spacial score (nSPS) is 12.9. The maximum Gasteiger partial charge on any atom is 0.408 e. The highest BCUT2D eigenvalue weighted by Crippen LogP contribution is 2.28. The number of amides is 1. The molecule has 1 aromatic carbocycles. The van der Waals surface area contributed by atoms with E-state index in [2.05, 4.69) is 21.2 Å². The Bertz CT molecular complexity index is 457. The Morgan fingerprint density at radius 3 is 2.58 bits per heavy atom. The lowest BCUT2D eigenvalue weighted by Gasteiger charge is -2.23. The molecule has 0 saturated heterocycles. The van der Waals surface area contributed by atoms with Crippen LogP contribution in [0.25, 0.3) is 0 Å². The van der Waals surface area contributed by atoms with Crippen molar-refractivity contribution in [2.75, 3.05) is 0 Å². The molecule has 5 heteroatoms. The van der Waals surface area contributed by atoms with Gasteiger partial charge in [0.25, 0.3) is 0 Å². The molecular weight excluding hydrogens is 330 g/mol. The van der Waals surface area contributed by atoms with Crippen molar-refractivity contribution in [1.82, 2.24) is 5.32 Å². The van der Waals surface area contributed by atoms with Crippen LogP contribution in [0.5, 0.6) is 0 Å². The quantitative estimate of drug-likeness (QED) is 0.827. The third-order valence-corrected chi connectivity index (χ3v) is 3.36. The van der Waals surface area contributed by atoms with Gasteiger partial charge < -0.3 is 10.1 Å². The van der Waals surface area contributed by atoms with Crippen molar-refractivity contribution in [3.05, 3.63) is 33.3 Å². The van der Waals surface area contributed by atoms with Gasteiger partial charge in [0.2, 0.25) is 0 Å². The number of hydrogen-bond donors (Lipinski definition) is 1. The van der Waals surface area contributed by atoms with Crippen molar-refractivity contribution in [3.63, 3.8) is 0 Å². The smallest absolute Gasteiger partial charge is 0.408 e. The van der Waals surface area contributed by atoms with Gasteiger partial charge in [0.1, 0.15) is 5.60 Å². The molecule has 19 heavy (non-hydrogen) atoms. The van der Waals surface area contributed by atoms with Crippen LogP contribution in [0, 0.1) is 0 Å². The van der Waals surface area contributed by atoms with Crippen LogP contribution in [-0.2, 0) is 4.74 Å². The Morgan fingerprint density at radius 1 is 1.47 bits per heavy atom. The minimum atomic E-state index is -0.500. The molecule has 0 aromatic heterocycles. The fourth-order valence-corrected chi connectivity index (χ4v) is 2.59. The van der Waals surface area contributed by atoms with E-state index in [9.17, 15) is 4.79 Å². The summed E-state index contributed by atoms with van der Waals surface area (Å²) in [5.74, 6) is 0. The van der Waals surface area contributed by atoms with Crippen LogP contribution >= 0.6 is 27.5 Å². The lowest BCUT2D eigenvalue weighted by molar-refractivity contribution is 0.0502. The Balaban J connectivity index is 2.81. The third kappa shape index (κ3) is 5.41. The Labute approximate surface area is 127 Å². The first-order valence-electron chi connectivity index (χ1n) is 6.17. The van der Waals surface area contributed by atoms with Gasteiger partial charge in [-0.2, -0.15) is 0 Å². The van der Waals surface area contributed by atoms with Crippen LogP contribution in [0.2, 0.25) is 5.02 Å². The molecule has 0 saturated carbocycles. The lowest BCUT2D eigenvalue weighted by Crippen LogP contribution is -2.34. The zero-order valence-corrected chi connectivity index (χ0v) is 13.9. The highest BCUT2D eigenvalue weighted by Gasteiger charge is 2.20. The van der Waals surface area contributed by atoms with Crippen molar-refractivity contribution in [2.24, 2.45) is 0 Å². The summed E-state index contributed by atoms with van der Waals surface area (Å²) < 4.78 is 6.14. The molecule has 106 valence electrons. The van der Waals surface area contributed by atoms with E-state index in [-0.39, 0.29) is 6.04 Å². The molecule has 0 unspecified atom stereocenters. The average Bonchev–Trinajstić information content (AvgIpc) is 2.24. The first-order chi connectivity index (χ1) is 8.73. The van der Waals surface area contributed by atoms with Crippen LogP contribution in [0.1, 0.15) is 45.7 Å². The molecule has 0 heterocycles. The largest absolute Gasteiger partial charge is 0.444 e. The van der Waals surface area contributed by atoms with Gasteiger partial charge in [-0.25, -0.2) is 4.79 Å². The molecule has 0 fully saturated rings. The topological polar surface area (TPSA) is 38.3 Å². The number of nitrogens with one attached hydrogen (secondary N) is 1. The highest BCUT2D eigenvalue weighted by atomic mass is 79.9. The van der Waals surface area contributed by atoms with Gasteiger partial charge in [0.05, 0.1) is 6.04 Å². The van der Waals surface area contributed by atoms with E-state index >= 15 is 0 Å². The molecule has 0 radical (unpaired) electrons. The summed E-state index contributed by atoms with van der Waals surface area (Å²) in [6.45, 7) is 7.52. The highest BCUT2D eigenvalue weighted by molar-refractivity contribution is 9.10. The number of rotatable bonds is 3. The number of alkyl carbamates (subject to hydrolysis) is 1. The number of benzene rings is 1. The fraction of sp³-hybridized carbons (Fsp3) is 0.500. The van der Waals surface area contributed by atoms with E-state index in [4.69, 9.17) is 16.3 Å². The fourth-order valence-electron chi connectivity index (χ4n) is 1.63. The number of halogens is 2. The van der Waals surface area contributed by atoms with Gasteiger partial charge in [-0.05, 0) is 44.9 Å². The molecular formula is C14H19BrClNO2. The summed E-state index contributed by atoms with van der Waals surface area (Å²) in [5.41, 5.74) is 0.484. The Hall–Kier alpha value is -0.740. The second kappa shape index (κ2) is 6.62. The molecule has 1 amide bonds. The van der Waals surface area contributed by atoms with Gasteiger partial charge >= 0.3 is 6.09 Å². The van der Waals surface area contributed by atoms with Crippen molar-refractivity contribution in [1.29, 1.82) is 0 Å². The Morgan fingerprint density at radius 2 is 2.11 bits per heavy atom. The predicted molar refractivity (Wildman–Crippen MR) is 81.6 cm³/mol. The van der Waals surface area contributed by atoms with Gasteiger partial charge in [-0.3, -0.25) is 0 Å². The van der Waals surface area contributed by atoms with Crippen LogP contribution in [-0.4, -0.2) is 11.7 Å². The molecule has 1 aromatic rings. The van der Waals surface area contributed by atoms with E-state index in [0.717, 1.165) is 16.5 Å². The van der Waals surface area contributed by atoms with Gasteiger partial charge in [0.15, 0.2) is 0 Å². The lowest BCUT2D eigenvalue weighted by atomic mass is 10.1. The first kappa shape index (κ1) is 16.3. The molecule has 0 aliphatic rings. The number of carbonyl (C=O) groups is 1. The number of hydrogen-bond acceptors (Lipinski definition) is 2. The molecule has 1 N–H and O–H groups in total. The minimum absolute atomic E-state index is 0.110. The molecule has 0 spiro atoms. The standard InChI is InChI=1S/C14H19BrClNO2/c1-5-12(17-13(18)19-14(2,3)4)10-7-6-9(16)8-11(10)15/h6-8,12H,5H2,1-4H3,(H,17,18)/t12-/m1/s1. The van der Waals surface area contributed by atoms with Crippen LogP contribution in [0.3, 0.4) is 0 Å². The van der Waals surface area contributed by atoms with Gasteiger partial charge in [-0.15, -0.1) is 0 Å². The monoisotopic (exact) mass is 347 g/mol. The molecule has 1 atom stereocenters. The SMILES string of the molecule is CC[C@@H](NC(=O)OC(C)(C)C)c1ccc(Cl)cc1Br. The van der Waals surface area contributed by atoms with E-state index in [1.807, 2.05) is 39.8 Å². The first-order valence-corrected chi connectivity index (χ1v) is 7.34. The Kier molecular flexibility index (Phi) is 5.68. The zero-order chi connectivity index (χ0) is 14.6. The third-order valence-electron chi connectivity index (χ3n) is 2.44. The second-order valence-corrected chi connectivity index (χ2v) is 6.56. The van der Waals surface area contributed by atoms with Crippen LogP contribution in [0.4, 0.5) is 4.79 Å². The summed E-state index contributed by atoms with van der Waals surface area (Å²) in [6, 6.07) is 5.41. The predicted octanol–water partition coefficient (Wildman–Crippen LogP) is 5.08. The minimum Gasteiger partial charge on any atom is -0.444 e. The zero-order valence-electron chi connectivity index (χ0n) is 11.6. The summed E-state index contributed by atoms with van der Waals surface area (Å²) in [4.78, 5) is 11.8. The van der Waals surface area contributed by atoms with Crippen molar-refractivity contribution in [3.8, 4) is 0 Å². The average molecular weight is 349 g/mol. The maximum absolute atomic E-state index is 11.8. The van der Waals surface area contributed by atoms with Gasteiger partial charge in [-0.1, -0.05) is 40.5 Å². The number of ether oxygens (including phenoxy) is 1.